The SMILES string of the molecule is Cc1ccc(S(=O)(=O)NCC(C(C)C)C(C)C)s1. The van der Waals surface area contributed by atoms with Crippen molar-refractivity contribution in [2.24, 2.45) is 17.8 Å². The number of rotatable bonds is 6. The van der Waals surface area contributed by atoms with Crippen LogP contribution in [-0.2, 0) is 10.0 Å². The van der Waals surface area contributed by atoms with Crippen molar-refractivity contribution in [1.29, 1.82) is 0 Å². The van der Waals surface area contributed by atoms with Crippen LogP contribution in [-0.4, -0.2) is 15.0 Å². The Morgan fingerprint density at radius 1 is 1.17 bits per heavy atom. The van der Waals surface area contributed by atoms with Gasteiger partial charge in [-0.05, 0) is 36.8 Å². The van der Waals surface area contributed by atoms with Crippen LogP contribution in [0.4, 0.5) is 0 Å². The highest BCUT2D eigenvalue weighted by atomic mass is 32.2. The van der Waals surface area contributed by atoms with Gasteiger partial charge in [0.05, 0.1) is 0 Å². The van der Waals surface area contributed by atoms with Crippen LogP contribution in [0.5, 0.6) is 0 Å². The number of hydrogen-bond donors (Lipinski definition) is 1. The van der Waals surface area contributed by atoms with Gasteiger partial charge in [0.25, 0.3) is 0 Å². The minimum Gasteiger partial charge on any atom is -0.210 e. The third kappa shape index (κ3) is 4.07. The Bertz CT molecular complexity index is 467. The predicted octanol–water partition coefficient (Wildman–Crippen LogP) is 3.26. The molecule has 18 heavy (non-hydrogen) atoms. The summed E-state index contributed by atoms with van der Waals surface area (Å²) >= 11 is 1.31. The second kappa shape index (κ2) is 6.17. The maximum absolute atomic E-state index is 12.1. The Labute approximate surface area is 115 Å². The van der Waals surface area contributed by atoms with Gasteiger partial charge in [-0.2, -0.15) is 0 Å². The van der Waals surface area contributed by atoms with Gasteiger partial charge in [-0.3, -0.25) is 0 Å². The number of thiophene rings is 1. The second-order valence-electron chi connectivity index (χ2n) is 5.37. The largest absolute Gasteiger partial charge is 0.250 e. The molecule has 1 N–H and O–H groups in total. The van der Waals surface area contributed by atoms with Gasteiger partial charge in [-0.25, -0.2) is 13.1 Å². The van der Waals surface area contributed by atoms with Gasteiger partial charge in [-0.1, -0.05) is 27.7 Å². The van der Waals surface area contributed by atoms with Crippen LogP contribution in [0.1, 0.15) is 32.6 Å². The molecule has 0 aliphatic carbocycles. The van der Waals surface area contributed by atoms with Crippen LogP contribution in [0.25, 0.3) is 0 Å². The first-order valence-corrected chi connectivity index (χ1v) is 8.60. The van der Waals surface area contributed by atoms with E-state index in [1.807, 2.05) is 13.0 Å². The van der Waals surface area contributed by atoms with Crippen molar-refractivity contribution in [2.45, 2.75) is 38.8 Å². The molecule has 0 unspecified atom stereocenters. The molecule has 0 atom stereocenters. The first-order valence-electron chi connectivity index (χ1n) is 6.30. The molecule has 0 aromatic carbocycles. The number of nitrogens with one attached hydrogen (secondary N) is 1. The lowest BCUT2D eigenvalue weighted by molar-refractivity contribution is 0.289. The van der Waals surface area contributed by atoms with Gasteiger partial charge in [0.1, 0.15) is 4.21 Å². The number of aryl methyl sites for hydroxylation is 1. The van der Waals surface area contributed by atoms with Crippen LogP contribution in [0.15, 0.2) is 16.3 Å². The van der Waals surface area contributed by atoms with Crippen molar-refractivity contribution in [2.75, 3.05) is 6.54 Å². The van der Waals surface area contributed by atoms with E-state index in [0.29, 0.717) is 28.5 Å². The molecule has 0 aliphatic heterocycles. The van der Waals surface area contributed by atoms with Crippen LogP contribution < -0.4 is 4.72 Å². The highest BCUT2D eigenvalue weighted by Gasteiger charge is 2.22. The topological polar surface area (TPSA) is 46.2 Å². The second-order valence-corrected chi connectivity index (χ2v) is 8.65. The fourth-order valence-corrected chi connectivity index (χ4v) is 4.48. The fraction of sp³-hybridized carbons (Fsp3) is 0.692. The maximum Gasteiger partial charge on any atom is 0.250 e. The minimum absolute atomic E-state index is 0.362. The van der Waals surface area contributed by atoms with Gasteiger partial charge >= 0.3 is 0 Å². The first kappa shape index (κ1) is 15.7. The summed E-state index contributed by atoms with van der Waals surface area (Å²) < 4.78 is 27.3. The van der Waals surface area contributed by atoms with E-state index in [9.17, 15) is 8.42 Å². The average molecular weight is 289 g/mol. The van der Waals surface area contributed by atoms with E-state index in [0.717, 1.165) is 4.88 Å². The Balaban J connectivity index is 2.73. The van der Waals surface area contributed by atoms with Crippen LogP contribution in [0.2, 0.25) is 0 Å². The molecule has 0 aliphatic rings. The average Bonchev–Trinajstić information content (AvgIpc) is 2.64. The molecule has 0 bridgehead atoms. The Morgan fingerprint density at radius 2 is 1.72 bits per heavy atom. The smallest absolute Gasteiger partial charge is 0.210 e. The Kier molecular flexibility index (Phi) is 5.37. The number of hydrogen-bond acceptors (Lipinski definition) is 3. The predicted molar refractivity (Wildman–Crippen MR) is 77.4 cm³/mol. The minimum atomic E-state index is -3.33. The van der Waals surface area contributed by atoms with Crippen molar-refractivity contribution in [3.63, 3.8) is 0 Å². The van der Waals surface area contributed by atoms with E-state index in [-0.39, 0.29) is 0 Å². The van der Waals surface area contributed by atoms with E-state index >= 15 is 0 Å². The molecule has 3 nitrogen and oxygen atoms in total. The highest BCUT2D eigenvalue weighted by Crippen LogP contribution is 2.23. The van der Waals surface area contributed by atoms with Crippen molar-refractivity contribution >= 4 is 21.4 Å². The highest BCUT2D eigenvalue weighted by molar-refractivity contribution is 7.91. The summed E-state index contributed by atoms with van der Waals surface area (Å²) in [6.07, 6.45) is 0. The van der Waals surface area contributed by atoms with E-state index < -0.39 is 10.0 Å². The summed E-state index contributed by atoms with van der Waals surface area (Å²) in [5.41, 5.74) is 0. The van der Waals surface area contributed by atoms with Crippen LogP contribution in [0, 0.1) is 24.7 Å². The molecule has 1 heterocycles. The monoisotopic (exact) mass is 289 g/mol. The third-order valence-corrected chi connectivity index (χ3v) is 6.12. The molecule has 0 radical (unpaired) electrons. The summed E-state index contributed by atoms with van der Waals surface area (Å²) in [5, 5.41) is 0. The Hall–Kier alpha value is -0.390. The molecule has 0 fully saturated rings. The van der Waals surface area contributed by atoms with Crippen molar-refractivity contribution in [1.82, 2.24) is 4.72 Å². The van der Waals surface area contributed by atoms with Crippen LogP contribution in [0.3, 0.4) is 0 Å². The van der Waals surface area contributed by atoms with Gasteiger partial charge < -0.3 is 0 Å². The number of sulfonamides is 1. The Morgan fingerprint density at radius 3 is 2.11 bits per heavy atom. The summed E-state index contributed by atoms with van der Waals surface area (Å²) in [6.45, 7) is 11.0. The lowest BCUT2D eigenvalue weighted by atomic mass is 9.86. The summed E-state index contributed by atoms with van der Waals surface area (Å²) in [5.74, 6) is 1.30. The molecule has 104 valence electrons. The van der Waals surface area contributed by atoms with E-state index in [4.69, 9.17) is 0 Å². The quantitative estimate of drug-likeness (QED) is 0.873. The zero-order valence-electron chi connectivity index (χ0n) is 11.7. The van der Waals surface area contributed by atoms with E-state index in [2.05, 4.69) is 32.4 Å². The molecule has 0 saturated heterocycles. The molecule has 5 heteroatoms. The first-order chi connectivity index (χ1) is 8.24. The third-order valence-electron chi connectivity index (χ3n) is 3.20. The van der Waals surface area contributed by atoms with Crippen LogP contribution >= 0.6 is 11.3 Å². The molecule has 0 spiro atoms. The fourth-order valence-electron chi connectivity index (χ4n) is 2.07. The van der Waals surface area contributed by atoms with Gasteiger partial charge in [0.15, 0.2) is 0 Å². The lowest BCUT2D eigenvalue weighted by Gasteiger charge is -2.24. The lowest BCUT2D eigenvalue weighted by Crippen LogP contribution is -2.33. The molecule has 0 saturated carbocycles. The van der Waals surface area contributed by atoms with Crippen molar-refractivity contribution < 1.29 is 8.42 Å². The zero-order valence-corrected chi connectivity index (χ0v) is 13.4. The summed E-state index contributed by atoms with van der Waals surface area (Å²) in [7, 11) is -3.33. The van der Waals surface area contributed by atoms with Gasteiger partial charge in [0, 0.05) is 11.4 Å². The molecule has 0 amide bonds. The van der Waals surface area contributed by atoms with Crippen molar-refractivity contribution in [3.05, 3.63) is 17.0 Å². The van der Waals surface area contributed by atoms with E-state index in [1.165, 1.54) is 11.3 Å². The molecule has 1 aromatic rings. The zero-order chi connectivity index (χ0) is 13.9. The standard InChI is InChI=1S/C13H23NO2S2/c1-9(2)12(10(3)4)8-14-18(15,16)13-7-6-11(5)17-13/h6-7,9-10,12,14H,8H2,1-5H3. The molecular formula is C13H23NO2S2. The van der Waals surface area contributed by atoms with Gasteiger partial charge in [-0.15, -0.1) is 11.3 Å². The van der Waals surface area contributed by atoms with E-state index in [1.54, 1.807) is 6.07 Å². The molecule has 1 rings (SSSR count). The molecular weight excluding hydrogens is 266 g/mol. The summed E-state index contributed by atoms with van der Waals surface area (Å²) in [4.78, 5) is 1.01. The summed E-state index contributed by atoms with van der Waals surface area (Å²) in [6, 6.07) is 3.50. The van der Waals surface area contributed by atoms with Gasteiger partial charge in [0.2, 0.25) is 10.0 Å². The maximum atomic E-state index is 12.1. The normalized spacial score (nSPS) is 12.9. The molecule has 1 aromatic heterocycles. The van der Waals surface area contributed by atoms with Crippen molar-refractivity contribution in [3.8, 4) is 0 Å².